The molecule has 0 radical (unpaired) electrons. The number of ether oxygens (including phenoxy) is 1. The lowest BCUT2D eigenvalue weighted by atomic mass is 10.1. The van der Waals surface area contributed by atoms with Crippen LogP contribution < -0.4 is 9.04 Å². The van der Waals surface area contributed by atoms with Gasteiger partial charge in [-0.2, -0.15) is 0 Å². The number of halogens is 1. The van der Waals surface area contributed by atoms with Crippen molar-refractivity contribution in [3.05, 3.63) is 88.4 Å². The molecule has 0 amide bonds. The van der Waals surface area contributed by atoms with Crippen LogP contribution in [-0.4, -0.2) is 15.5 Å². The lowest BCUT2D eigenvalue weighted by Gasteiger charge is -2.31. The average Bonchev–Trinajstić information content (AvgIpc) is 2.71. The maximum absolute atomic E-state index is 13.7. The fraction of sp³-hybridized carbons (Fsp3) is 0.217. The highest BCUT2D eigenvalue weighted by Gasteiger charge is 2.31. The number of benzene rings is 3. The average molecular weight is 430 g/mol. The van der Waals surface area contributed by atoms with Crippen LogP contribution in [0.2, 0.25) is 5.02 Å². The summed E-state index contributed by atoms with van der Waals surface area (Å²) in [5.74, 6) is 0.660. The Balaban J connectivity index is 2.15. The van der Waals surface area contributed by atoms with Gasteiger partial charge in [0.2, 0.25) is 0 Å². The fourth-order valence-corrected chi connectivity index (χ4v) is 5.04. The van der Waals surface area contributed by atoms with Gasteiger partial charge < -0.3 is 4.74 Å². The van der Waals surface area contributed by atoms with Crippen LogP contribution in [0.5, 0.6) is 5.75 Å². The number of sulfonamides is 1. The molecule has 0 bridgehead atoms. The Morgan fingerprint density at radius 3 is 2.10 bits per heavy atom. The molecule has 0 saturated carbocycles. The third-order valence-electron chi connectivity index (χ3n) is 4.94. The van der Waals surface area contributed by atoms with Crippen LogP contribution in [0.1, 0.15) is 29.7 Å². The van der Waals surface area contributed by atoms with Gasteiger partial charge >= 0.3 is 0 Å². The minimum Gasteiger partial charge on any atom is -0.497 e. The van der Waals surface area contributed by atoms with Crippen molar-refractivity contribution >= 4 is 27.3 Å². The number of nitrogens with zero attached hydrogens (tertiary/aromatic N) is 1. The lowest BCUT2D eigenvalue weighted by Crippen LogP contribution is -2.33. The van der Waals surface area contributed by atoms with E-state index in [1.807, 2.05) is 45.0 Å². The Labute approximate surface area is 177 Å². The Morgan fingerprint density at radius 2 is 1.55 bits per heavy atom. The van der Waals surface area contributed by atoms with Gasteiger partial charge in [0.05, 0.1) is 23.7 Å². The second-order valence-corrected chi connectivity index (χ2v) is 9.22. The molecular formula is C23H24ClNO3S. The number of rotatable bonds is 6. The van der Waals surface area contributed by atoms with Gasteiger partial charge in [-0.05, 0) is 68.3 Å². The molecule has 0 fully saturated rings. The highest BCUT2D eigenvalue weighted by atomic mass is 35.5. The van der Waals surface area contributed by atoms with Crippen molar-refractivity contribution in [2.75, 3.05) is 11.4 Å². The predicted molar refractivity (Wildman–Crippen MR) is 118 cm³/mol. The van der Waals surface area contributed by atoms with E-state index in [0.717, 1.165) is 16.7 Å². The largest absolute Gasteiger partial charge is 0.497 e. The lowest BCUT2D eigenvalue weighted by molar-refractivity contribution is 0.415. The van der Waals surface area contributed by atoms with E-state index >= 15 is 0 Å². The number of aryl methyl sites for hydroxylation is 2. The van der Waals surface area contributed by atoms with E-state index in [1.54, 1.807) is 43.5 Å². The highest BCUT2D eigenvalue weighted by molar-refractivity contribution is 7.92. The molecule has 0 heterocycles. The number of hydrogen-bond acceptors (Lipinski definition) is 3. The third-order valence-corrected chi connectivity index (χ3v) is 7.24. The quantitative estimate of drug-likeness (QED) is 0.488. The highest BCUT2D eigenvalue weighted by Crippen LogP contribution is 2.35. The second-order valence-electron chi connectivity index (χ2n) is 7.00. The summed E-state index contributed by atoms with van der Waals surface area (Å²) in [7, 11) is -2.29. The van der Waals surface area contributed by atoms with Crippen molar-refractivity contribution < 1.29 is 13.2 Å². The zero-order valence-electron chi connectivity index (χ0n) is 16.9. The SMILES string of the molecule is COc1ccc(N([C@@H](C)c2ccc(C)cc2)S(=O)(=O)c2ccc(C)c(Cl)c2)cc1. The van der Waals surface area contributed by atoms with Crippen molar-refractivity contribution in [1.82, 2.24) is 0 Å². The van der Waals surface area contributed by atoms with Gasteiger partial charge in [0.1, 0.15) is 5.75 Å². The fourth-order valence-electron chi connectivity index (χ4n) is 3.13. The van der Waals surface area contributed by atoms with Gasteiger partial charge in [-0.25, -0.2) is 8.42 Å². The molecule has 4 nitrogen and oxygen atoms in total. The van der Waals surface area contributed by atoms with Crippen molar-refractivity contribution in [3.8, 4) is 5.75 Å². The molecule has 0 spiro atoms. The molecule has 0 aliphatic carbocycles. The van der Waals surface area contributed by atoms with E-state index in [1.165, 1.54) is 10.4 Å². The zero-order valence-corrected chi connectivity index (χ0v) is 18.5. The maximum Gasteiger partial charge on any atom is 0.264 e. The first-order chi connectivity index (χ1) is 13.7. The Bertz CT molecular complexity index is 1090. The minimum atomic E-state index is -3.86. The minimum absolute atomic E-state index is 0.155. The standard InChI is InChI=1S/C23H24ClNO3S/c1-16-5-8-19(9-6-16)18(3)25(20-10-12-21(28-4)13-11-20)29(26,27)22-14-7-17(2)23(24)15-22/h5-15,18H,1-4H3/t18-/m0/s1. The van der Waals surface area contributed by atoms with E-state index < -0.39 is 16.1 Å². The molecule has 0 unspecified atom stereocenters. The Hall–Kier alpha value is -2.50. The van der Waals surface area contributed by atoms with Crippen LogP contribution in [-0.2, 0) is 10.0 Å². The maximum atomic E-state index is 13.7. The molecule has 0 aliphatic rings. The van der Waals surface area contributed by atoms with Crippen molar-refractivity contribution in [1.29, 1.82) is 0 Å². The van der Waals surface area contributed by atoms with Gasteiger partial charge in [0.25, 0.3) is 10.0 Å². The first-order valence-corrected chi connectivity index (χ1v) is 11.1. The normalized spacial score (nSPS) is 12.4. The van der Waals surface area contributed by atoms with Gasteiger partial charge in [-0.15, -0.1) is 0 Å². The van der Waals surface area contributed by atoms with Crippen molar-refractivity contribution in [3.63, 3.8) is 0 Å². The topological polar surface area (TPSA) is 46.6 Å². The van der Waals surface area contributed by atoms with Crippen molar-refractivity contribution in [2.45, 2.75) is 31.7 Å². The summed E-state index contributed by atoms with van der Waals surface area (Å²) >= 11 is 6.22. The van der Waals surface area contributed by atoms with Crippen molar-refractivity contribution in [2.24, 2.45) is 0 Å². The molecule has 0 aromatic heterocycles. The number of methoxy groups -OCH3 is 1. The van der Waals surface area contributed by atoms with Gasteiger partial charge in [-0.3, -0.25) is 4.31 Å². The smallest absolute Gasteiger partial charge is 0.264 e. The van der Waals surface area contributed by atoms with E-state index in [2.05, 4.69) is 0 Å². The predicted octanol–water partition coefficient (Wildman–Crippen LogP) is 5.92. The summed E-state index contributed by atoms with van der Waals surface area (Å²) in [4.78, 5) is 0.155. The molecule has 1 atom stereocenters. The summed E-state index contributed by atoms with van der Waals surface area (Å²) in [6.45, 7) is 5.72. The van der Waals surface area contributed by atoms with Crippen LogP contribution >= 0.6 is 11.6 Å². The third kappa shape index (κ3) is 4.41. The van der Waals surface area contributed by atoms with Gasteiger partial charge in [-0.1, -0.05) is 47.5 Å². The number of anilines is 1. The molecule has 3 aromatic rings. The van der Waals surface area contributed by atoms with Crippen LogP contribution in [0.4, 0.5) is 5.69 Å². The summed E-state index contributed by atoms with van der Waals surface area (Å²) < 4.78 is 34.0. The van der Waals surface area contributed by atoms with E-state index in [0.29, 0.717) is 16.5 Å². The number of hydrogen-bond donors (Lipinski definition) is 0. The molecule has 6 heteroatoms. The first kappa shape index (κ1) is 21.2. The molecule has 3 rings (SSSR count). The summed E-state index contributed by atoms with van der Waals surface area (Å²) in [6.07, 6.45) is 0. The van der Waals surface area contributed by atoms with E-state index in [4.69, 9.17) is 16.3 Å². The molecule has 152 valence electrons. The second kappa shape index (κ2) is 8.47. The van der Waals surface area contributed by atoms with E-state index in [-0.39, 0.29) is 4.90 Å². The van der Waals surface area contributed by atoms with Crippen LogP contribution in [0.3, 0.4) is 0 Å². The summed E-state index contributed by atoms with van der Waals surface area (Å²) in [5, 5.41) is 0.420. The van der Waals surface area contributed by atoms with Crippen LogP contribution in [0.25, 0.3) is 0 Å². The Morgan fingerprint density at radius 1 is 0.931 bits per heavy atom. The van der Waals surface area contributed by atoms with Crippen LogP contribution in [0, 0.1) is 13.8 Å². The molecule has 0 saturated heterocycles. The van der Waals surface area contributed by atoms with Gasteiger partial charge in [0.15, 0.2) is 0 Å². The van der Waals surface area contributed by atoms with Gasteiger partial charge in [0, 0.05) is 5.02 Å². The molecule has 29 heavy (non-hydrogen) atoms. The van der Waals surface area contributed by atoms with E-state index in [9.17, 15) is 8.42 Å². The molecular weight excluding hydrogens is 406 g/mol. The summed E-state index contributed by atoms with van der Waals surface area (Å²) in [6, 6.07) is 19.3. The molecule has 0 N–H and O–H groups in total. The monoisotopic (exact) mass is 429 g/mol. The molecule has 3 aromatic carbocycles. The molecule has 0 aliphatic heterocycles. The first-order valence-electron chi connectivity index (χ1n) is 9.25. The zero-order chi connectivity index (χ0) is 21.2. The Kier molecular flexibility index (Phi) is 6.20. The van der Waals surface area contributed by atoms with Crippen LogP contribution in [0.15, 0.2) is 71.6 Å². The summed E-state index contributed by atoms with van der Waals surface area (Å²) in [5.41, 5.74) is 3.39.